The number of pyridine rings is 1. The highest BCUT2D eigenvalue weighted by atomic mass is 32.2. The zero-order valence-electron chi connectivity index (χ0n) is 10.7. The van der Waals surface area contributed by atoms with Crippen molar-refractivity contribution >= 4 is 9.84 Å². The molecular weight excluding hydrogens is 238 g/mol. The maximum Gasteiger partial charge on any atom is 0.197 e. The molecule has 1 rings (SSSR count). The summed E-state index contributed by atoms with van der Waals surface area (Å²) in [5.41, 5.74) is 0.991. The lowest BCUT2D eigenvalue weighted by atomic mass is 9.88. The first kappa shape index (κ1) is 14.1. The minimum atomic E-state index is -3.32. The number of nitrogens with zero attached hydrogens (tertiary/aromatic N) is 1. The van der Waals surface area contributed by atoms with Crippen LogP contribution in [-0.4, -0.2) is 32.9 Å². The highest BCUT2D eigenvalue weighted by molar-refractivity contribution is 7.91. The molecule has 4 nitrogen and oxygen atoms in total. The Labute approximate surface area is 103 Å². The third-order valence-corrected chi connectivity index (χ3v) is 4.06. The van der Waals surface area contributed by atoms with Crippen LogP contribution >= 0.6 is 0 Å². The van der Waals surface area contributed by atoms with Crippen molar-refractivity contribution in [1.82, 2.24) is 4.98 Å². The van der Waals surface area contributed by atoms with Crippen molar-refractivity contribution in [3.8, 4) is 0 Å². The SMILES string of the molecule is COCCS(=O)(=O)c1ccc(C(C)(C)C)cn1. The lowest BCUT2D eigenvalue weighted by molar-refractivity contribution is 0.217. The van der Waals surface area contributed by atoms with E-state index in [-0.39, 0.29) is 22.8 Å². The van der Waals surface area contributed by atoms with Gasteiger partial charge in [-0.15, -0.1) is 0 Å². The Morgan fingerprint density at radius 3 is 2.35 bits per heavy atom. The molecule has 0 saturated carbocycles. The number of aromatic nitrogens is 1. The minimum absolute atomic E-state index is 0.0260. The number of methoxy groups -OCH3 is 1. The van der Waals surface area contributed by atoms with Gasteiger partial charge in [-0.2, -0.15) is 0 Å². The number of ether oxygens (including phenoxy) is 1. The van der Waals surface area contributed by atoms with E-state index >= 15 is 0 Å². The Bertz CT molecular complexity index is 458. The topological polar surface area (TPSA) is 56.3 Å². The average molecular weight is 257 g/mol. The second-order valence-electron chi connectivity index (χ2n) is 4.95. The maximum atomic E-state index is 11.8. The largest absolute Gasteiger partial charge is 0.384 e. The standard InChI is InChI=1S/C12H19NO3S/c1-12(2,3)10-5-6-11(13-9-10)17(14,15)8-7-16-4/h5-6,9H,7-8H2,1-4H3. The number of hydrogen-bond acceptors (Lipinski definition) is 4. The zero-order valence-corrected chi connectivity index (χ0v) is 11.5. The van der Waals surface area contributed by atoms with E-state index < -0.39 is 9.84 Å². The van der Waals surface area contributed by atoms with Gasteiger partial charge in [0.25, 0.3) is 0 Å². The molecule has 0 unspecified atom stereocenters. The molecule has 1 heterocycles. The summed E-state index contributed by atoms with van der Waals surface area (Å²) < 4.78 is 28.4. The predicted octanol–water partition coefficient (Wildman–Crippen LogP) is 1.80. The van der Waals surface area contributed by atoms with Gasteiger partial charge in [-0.05, 0) is 17.0 Å². The molecule has 0 saturated heterocycles. The summed E-state index contributed by atoms with van der Waals surface area (Å²) in [5, 5.41) is 0.113. The summed E-state index contributed by atoms with van der Waals surface area (Å²) in [5.74, 6) is -0.0363. The fraction of sp³-hybridized carbons (Fsp3) is 0.583. The van der Waals surface area contributed by atoms with Crippen LogP contribution in [0.1, 0.15) is 26.3 Å². The van der Waals surface area contributed by atoms with Crippen molar-refractivity contribution in [2.24, 2.45) is 0 Å². The van der Waals surface area contributed by atoms with E-state index in [4.69, 9.17) is 4.74 Å². The molecular formula is C12H19NO3S. The molecule has 1 aromatic heterocycles. The van der Waals surface area contributed by atoms with Gasteiger partial charge in [0.15, 0.2) is 14.9 Å². The van der Waals surface area contributed by atoms with E-state index in [1.165, 1.54) is 7.11 Å². The molecule has 0 atom stereocenters. The van der Waals surface area contributed by atoms with Crippen LogP contribution in [0.4, 0.5) is 0 Å². The molecule has 1 aromatic rings. The van der Waals surface area contributed by atoms with Crippen molar-refractivity contribution in [2.75, 3.05) is 19.5 Å². The van der Waals surface area contributed by atoms with Crippen LogP contribution in [0.15, 0.2) is 23.4 Å². The molecule has 0 N–H and O–H groups in total. The van der Waals surface area contributed by atoms with Gasteiger partial charge in [0, 0.05) is 13.3 Å². The molecule has 96 valence electrons. The molecule has 0 amide bonds. The fourth-order valence-corrected chi connectivity index (χ4v) is 2.39. The Morgan fingerprint density at radius 1 is 1.29 bits per heavy atom. The first-order valence-electron chi connectivity index (χ1n) is 5.45. The van der Waals surface area contributed by atoms with Gasteiger partial charge < -0.3 is 4.74 Å². The Morgan fingerprint density at radius 2 is 1.94 bits per heavy atom. The summed E-state index contributed by atoms with van der Waals surface area (Å²) in [6.45, 7) is 6.36. The molecule has 0 bridgehead atoms. The van der Waals surface area contributed by atoms with Gasteiger partial charge in [0.1, 0.15) is 0 Å². The molecule has 0 radical (unpaired) electrons. The van der Waals surface area contributed by atoms with E-state index in [0.717, 1.165) is 5.56 Å². The van der Waals surface area contributed by atoms with Gasteiger partial charge in [-0.25, -0.2) is 13.4 Å². The number of rotatable bonds is 4. The van der Waals surface area contributed by atoms with Crippen molar-refractivity contribution in [3.63, 3.8) is 0 Å². The average Bonchev–Trinajstić information content (AvgIpc) is 2.25. The van der Waals surface area contributed by atoms with Gasteiger partial charge in [0.05, 0.1) is 12.4 Å². The molecule has 17 heavy (non-hydrogen) atoms. The quantitative estimate of drug-likeness (QED) is 0.825. The first-order valence-corrected chi connectivity index (χ1v) is 7.11. The summed E-state index contributed by atoms with van der Waals surface area (Å²) >= 11 is 0. The molecule has 5 heteroatoms. The van der Waals surface area contributed by atoms with Crippen LogP contribution in [0.25, 0.3) is 0 Å². The third-order valence-electron chi connectivity index (χ3n) is 2.48. The molecule has 0 aromatic carbocycles. The van der Waals surface area contributed by atoms with Gasteiger partial charge in [-0.1, -0.05) is 26.8 Å². The second-order valence-corrected chi connectivity index (χ2v) is 7.00. The van der Waals surface area contributed by atoms with Crippen molar-refractivity contribution in [3.05, 3.63) is 23.9 Å². The van der Waals surface area contributed by atoms with Crippen LogP contribution in [0.5, 0.6) is 0 Å². The van der Waals surface area contributed by atoms with Crippen LogP contribution in [0, 0.1) is 0 Å². The summed E-state index contributed by atoms with van der Waals surface area (Å²) in [6, 6.07) is 3.37. The Kier molecular flexibility index (Phi) is 4.27. The predicted molar refractivity (Wildman–Crippen MR) is 66.9 cm³/mol. The van der Waals surface area contributed by atoms with E-state index in [0.29, 0.717) is 0 Å². The Balaban J connectivity index is 2.95. The summed E-state index contributed by atoms with van der Waals surface area (Å²) in [7, 11) is -1.84. The first-order chi connectivity index (χ1) is 7.77. The summed E-state index contributed by atoms with van der Waals surface area (Å²) in [4.78, 5) is 4.03. The lowest BCUT2D eigenvalue weighted by Gasteiger charge is -2.18. The van der Waals surface area contributed by atoms with E-state index in [2.05, 4.69) is 25.8 Å². The zero-order chi connectivity index (χ0) is 13.1. The molecule has 0 fully saturated rings. The molecule has 0 aliphatic heterocycles. The van der Waals surface area contributed by atoms with Gasteiger partial charge >= 0.3 is 0 Å². The summed E-state index contributed by atoms with van der Waals surface area (Å²) in [6.07, 6.45) is 1.62. The van der Waals surface area contributed by atoms with E-state index in [1.807, 2.05) is 6.07 Å². The van der Waals surface area contributed by atoms with E-state index in [9.17, 15) is 8.42 Å². The normalized spacial score (nSPS) is 12.7. The lowest BCUT2D eigenvalue weighted by Crippen LogP contribution is -2.15. The fourth-order valence-electron chi connectivity index (χ4n) is 1.31. The van der Waals surface area contributed by atoms with Crippen LogP contribution < -0.4 is 0 Å². The van der Waals surface area contributed by atoms with E-state index in [1.54, 1.807) is 12.3 Å². The third kappa shape index (κ3) is 3.78. The molecule has 0 aliphatic carbocycles. The number of hydrogen-bond donors (Lipinski definition) is 0. The Hall–Kier alpha value is -0.940. The number of sulfone groups is 1. The maximum absolute atomic E-state index is 11.8. The van der Waals surface area contributed by atoms with Gasteiger partial charge in [0.2, 0.25) is 0 Å². The van der Waals surface area contributed by atoms with Crippen molar-refractivity contribution in [2.45, 2.75) is 31.2 Å². The highest BCUT2D eigenvalue weighted by Gasteiger charge is 2.18. The van der Waals surface area contributed by atoms with Crippen LogP contribution in [0.2, 0.25) is 0 Å². The smallest absolute Gasteiger partial charge is 0.197 e. The second kappa shape index (κ2) is 5.14. The van der Waals surface area contributed by atoms with Crippen molar-refractivity contribution < 1.29 is 13.2 Å². The van der Waals surface area contributed by atoms with Crippen LogP contribution in [0.3, 0.4) is 0 Å². The minimum Gasteiger partial charge on any atom is -0.384 e. The van der Waals surface area contributed by atoms with Gasteiger partial charge in [-0.3, -0.25) is 0 Å². The highest BCUT2D eigenvalue weighted by Crippen LogP contribution is 2.22. The molecule has 0 aliphatic rings. The van der Waals surface area contributed by atoms with Crippen LogP contribution in [-0.2, 0) is 20.0 Å². The monoisotopic (exact) mass is 257 g/mol. The molecule has 0 spiro atoms. The van der Waals surface area contributed by atoms with Crippen molar-refractivity contribution in [1.29, 1.82) is 0 Å².